The maximum absolute atomic E-state index is 13.4. The number of nitrogens with zero attached hydrogens (tertiary/aromatic N) is 1. The predicted octanol–water partition coefficient (Wildman–Crippen LogP) is 5.35. The third-order valence-corrected chi connectivity index (χ3v) is 5.45. The third kappa shape index (κ3) is 4.77. The number of aliphatic hydroxyl groups excluding tert-OH is 1. The Morgan fingerprint density at radius 1 is 1.03 bits per heavy atom. The maximum atomic E-state index is 13.4. The van der Waals surface area contributed by atoms with Crippen LogP contribution in [0.5, 0.6) is 5.75 Å². The van der Waals surface area contributed by atoms with E-state index in [1.54, 1.807) is 19.1 Å². The Morgan fingerprint density at radius 3 is 2.52 bits per heavy atom. The van der Waals surface area contributed by atoms with Crippen LogP contribution in [0.1, 0.15) is 37.9 Å². The number of fused-ring (bicyclic) bond motifs is 1. The Bertz CT molecular complexity index is 969. The average molecular weight is 392 g/mol. The van der Waals surface area contributed by atoms with Gasteiger partial charge in [0.25, 0.3) is 0 Å². The van der Waals surface area contributed by atoms with E-state index < -0.39 is 12.0 Å². The minimum atomic E-state index is -0.855. The first-order valence-electron chi connectivity index (χ1n) is 10.1. The molecule has 29 heavy (non-hydrogen) atoms. The number of carbonyl (C=O) groups excluding carboxylic acids is 1. The lowest BCUT2D eigenvalue weighted by Gasteiger charge is -2.28. The van der Waals surface area contributed by atoms with Crippen LogP contribution in [-0.4, -0.2) is 25.2 Å². The number of hydrogen-bond acceptors (Lipinski definition) is 3. The monoisotopic (exact) mass is 391 g/mol. The number of amides is 1. The van der Waals surface area contributed by atoms with Crippen LogP contribution in [0.4, 0.5) is 5.69 Å². The molecular formula is C25H29NO3. The second kappa shape index (κ2) is 9.57. The van der Waals surface area contributed by atoms with Crippen molar-refractivity contribution in [3.8, 4) is 5.75 Å². The quantitative estimate of drug-likeness (QED) is 0.563. The predicted molar refractivity (Wildman–Crippen MR) is 118 cm³/mol. The summed E-state index contributed by atoms with van der Waals surface area (Å²) in [6.07, 6.45) is 1.63. The molecule has 0 bridgehead atoms. The van der Waals surface area contributed by atoms with Crippen LogP contribution >= 0.6 is 0 Å². The van der Waals surface area contributed by atoms with Crippen molar-refractivity contribution in [3.63, 3.8) is 0 Å². The minimum Gasteiger partial charge on any atom is -0.497 e. The molecule has 0 spiro atoms. The van der Waals surface area contributed by atoms with E-state index in [4.69, 9.17) is 4.74 Å². The van der Waals surface area contributed by atoms with Gasteiger partial charge in [0.05, 0.1) is 19.1 Å². The molecule has 3 rings (SSSR count). The number of aliphatic hydroxyl groups is 1. The first-order valence-corrected chi connectivity index (χ1v) is 10.1. The summed E-state index contributed by atoms with van der Waals surface area (Å²) in [4.78, 5) is 15.0. The molecule has 0 aliphatic carbocycles. The fraction of sp³-hybridized carbons (Fsp3) is 0.320. The van der Waals surface area contributed by atoms with Gasteiger partial charge >= 0.3 is 0 Å². The molecule has 0 radical (unpaired) electrons. The number of hydrogen-bond donors (Lipinski definition) is 1. The molecule has 1 N–H and O–H groups in total. The van der Waals surface area contributed by atoms with E-state index in [0.29, 0.717) is 12.2 Å². The standard InChI is InChI=1S/C25H29NO3/c1-4-5-13-23(25(28)26(2)21-11-8-12-22(17-21)29-3)24(27)20-15-14-18-9-6-7-10-19(18)16-20/h6-12,14-17,23-24,27H,4-5,13H2,1-3H3. The molecule has 2 unspecified atom stereocenters. The van der Waals surface area contributed by atoms with Gasteiger partial charge in [-0.15, -0.1) is 0 Å². The van der Waals surface area contributed by atoms with E-state index in [2.05, 4.69) is 6.92 Å². The molecule has 4 heteroatoms. The highest BCUT2D eigenvalue weighted by Crippen LogP contribution is 2.32. The number of unbranched alkanes of at least 4 members (excludes halogenated alkanes) is 1. The number of rotatable bonds is 8. The van der Waals surface area contributed by atoms with Gasteiger partial charge < -0.3 is 14.7 Å². The van der Waals surface area contributed by atoms with Crippen molar-refractivity contribution in [1.82, 2.24) is 0 Å². The molecule has 2 atom stereocenters. The molecule has 3 aromatic rings. The lowest BCUT2D eigenvalue weighted by atomic mass is 9.89. The van der Waals surface area contributed by atoms with Crippen LogP contribution in [0.25, 0.3) is 10.8 Å². The van der Waals surface area contributed by atoms with E-state index in [0.717, 1.165) is 34.9 Å². The normalized spacial score (nSPS) is 13.1. The second-order valence-electron chi connectivity index (χ2n) is 7.40. The van der Waals surface area contributed by atoms with Crippen molar-refractivity contribution in [1.29, 1.82) is 0 Å². The summed E-state index contributed by atoms with van der Waals surface area (Å²) >= 11 is 0. The van der Waals surface area contributed by atoms with Gasteiger partial charge in [0.2, 0.25) is 5.91 Å². The highest BCUT2D eigenvalue weighted by molar-refractivity contribution is 5.95. The topological polar surface area (TPSA) is 49.8 Å². The smallest absolute Gasteiger partial charge is 0.232 e. The van der Waals surface area contributed by atoms with Gasteiger partial charge in [0.15, 0.2) is 0 Å². The van der Waals surface area contributed by atoms with Crippen molar-refractivity contribution < 1.29 is 14.6 Å². The molecule has 3 aromatic carbocycles. The van der Waals surface area contributed by atoms with Crippen molar-refractivity contribution in [3.05, 3.63) is 72.3 Å². The molecule has 4 nitrogen and oxygen atoms in total. The summed E-state index contributed by atoms with van der Waals surface area (Å²) in [5, 5.41) is 13.3. The number of anilines is 1. The van der Waals surface area contributed by atoms with Crippen molar-refractivity contribution >= 4 is 22.4 Å². The largest absolute Gasteiger partial charge is 0.497 e. The SMILES string of the molecule is CCCCC(C(=O)N(C)c1cccc(OC)c1)C(O)c1ccc2ccccc2c1. The molecule has 0 aromatic heterocycles. The van der Waals surface area contributed by atoms with Crippen molar-refractivity contribution in [2.24, 2.45) is 5.92 Å². The van der Waals surface area contributed by atoms with E-state index >= 15 is 0 Å². The number of ether oxygens (including phenoxy) is 1. The highest BCUT2D eigenvalue weighted by Gasteiger charge is 2.30. The number of carbonyl (C=O) groups is 1. The summed E-state index contributed by atoms with van der Waals surface area (Å²) < 4.78 is 5.28. The Morgan fingerprint density at radius 2 is 1.79 bits per heavy atom. The van der Waals surface area contributed by atoms with Gasteiger partial charge in [0.1, 0.15) is 5.75 Å². The van der Waals surface area contributed by atoms with Gasteiger partial charge in [0, 0.05) is 18.8 Å². The van der Waals surface area contributed by atoms with Gasteiger partial charge in [-0.2, -0.15) is 0 Å². The Kier molecular flexibility index (Phi) is 6.89. The molecule has 0 saturated heterocycles. The molecule has 1 amide bonds. The summed E-state index contributed by atoms with van der Waals surface area (Å²) in [5.74, 6) is 0.0991. The lowest BCUT2D eigenvalue weighted by Crippen LogP contribution is -2.36. The van der Waals surface area contributed by atoms with Crippen LogP contribution in [0.15, 0.2) is 66.7 Å². The fourth-order valence-electron chi connectivity index (χ4n) is 3.66. The van der Waals surface area contributed by atoms with E-state index in [-0.39, 0.29) is 5.91 Å². The molecule has 0 heterocycles. The molecule has 0 aliphatic rings. The zero-order valence-electron chi connectivity index (χ0n) is 17.3. The summed E-state index contributed by atoms with van der Waals surface area (Å²) in [7, 11) is 3.36. The van der Waals surface area contributed by atoms with Gasteiger partial charge in [-0.05, 0) is 41.0 Å². The summed E-state index contributed by atoms with van der Waals surface area (Å²) in [6, 6.07) is 21.4. The molecular weight excluding hydrogens is 362 g/mol. The van der Waals surface area contributed by atoms with Gasteiger partial charge in [-0.1, -0.05) is 62.2 Å². The molecule has 0 saturated carbocycles. The van der Waals surface area contributed by atoms with Crippen molar-refractivity contribution in [2.75, 3.05) is 19.1 Å². The minimum absolute atomic E-state index is 0.0904. The zero-order chi connectivity index (χ0) is 20.8. The van der Waals surface area contributed by atoms with E-state index in [1.807, 2.05) is 66.7 Å². The maximum Gasteiger partial charge on any atom is 0.232 e. The second-order valence-corrected chi connectivity index (χ2v) is 7.40. The van der Waals surface area contributed by atoms with Crippen LogP contribution in [0.2, 0.25) is 0 Å². The highest BCUT2D eigenvalue weighted by atomic mass is 16.5. The summed E-state index contributed by atoms with van der Waals surface area (Å²) in [6.45, 7) is 2.09. The van der Waals surface area contributed by atoms with E-state index in [1.165, 1.54) is 0 Å². The molecule has 0 fully saturated rings. The Hall–Kier alpha value is -2.85. The van der Waals surface area contributed by atoms with Crippen LogP contribution in [-0.2, 0) is 4.79 Å². The van der Waals surface area contributed by atoms with Crippen LogP contribution in [0.3, 0.4) is 0 Å². The third-order valence-electron chi connectivity index (χ3n) is 5.45. The lowest BCUT2D eigenvalue weighted by molar-refractivity contribution is -0.126. The van der Waals surface area contributed by atoms with E-state index in [9.17, 15) is 9.90 Å². The van der Waals surface area contributed by atoms with Gasteiger partial charge in [-0.3, -0.25) is 4.79 Å². The molecule has 0 aliphatic heterocycles. The number of methoxy groups -OCH3 is 1. The first-order chi connectivity index (χ1) is 14.0. The Balaban J connectivity index is 1.89. The first kappa shape index (κ1) is 20.9. The number of benzene rings is 3. The van der Waals surface area contributed by atoms with Gasteiger partial charge in [-0.25, -0.2) is 0 Å². The van der Waals surface area contributed by atoms with Crippen LogP contribution < -0.4 is 9.64 Å². The van der Waals surface area contributed by atoms with Crippen molar-refractivity contribution in [2.45, 2.75) is 32.3 Å². The zero-order valence-corrected chi connectivity index (χ0v) is 17.3. The van der Waals surface area contributed by atoms with Crippen LogP contribution in [0, 0.1) is 5.92 Å². The fourth-order valence-corrected chi connectivity index (χ4v) is 3.66. The average Bonchev–Trinajstić information content (AvgIpc) is 2.78. The summed E-state index contributed by atoms with van der Waals surface area (Å²) in [5.41, 5.74) is 1.53. The molecule has 152 valence electrons. The Labute approximate surface area is 172 Å².